The van der Waals surface area contributed by atoms with E-state index in [1.165, 1.54) is 57.8 Å². The summed E-state index contributed by atoms with van der Waals surface area (Å²) in [6.45, 7) is 6.15. The summed E-state index contributed by atoms with van der Waals surface area (Å²) in [6.07, 6.45) is 25.5. The monoisotopic (exact) mass is 419 g/mol. The van der Waals surface area contributed by atoms with Gasteiger partial charge in [-0.25, -0.2) is 4.98 Å². The molecule has 4 nitrogen and oxygen atoms in total. The third-order valence-corrected chi connectivity index (χ3v) is 5.37. The van der Waals surface area contributed by atoms with Crippen molar-refractivity contribution in [2.45, 2.75) is 71.1 Å². The average molecular weight is 420 g/mol. The summed E-state index contributed by atoms with van der Waals surface area (Å²) in [7, 11) is 0. The van der Waals surface area contributed by atoms with Crippen molar-refractivity contribution in [3.63, 3.8) is 0 Å². The number of aromatic amines is 1. The molecule has 0 saturated carbocycles. The van der Waals surface area contributed by atoms with Gasteiger partial charge in [-0.15, -0.1) is 0 Å². The first-order valence-corrected chi connectivity index (χ1v) is 11.6. The van der Waals surface area contributed by atoms with Crippen LogP contribution in [0.3, 0.4) is 0 Å². The summed E-state index contributed by atoms with van der Waals surface area (Å²) in [5.41, 5.74) is 8.27. The number of carbonyl (C=O) groups excluding carboxylic acids is 1. The number of nitrogens with zero attached hydrogens (tertiary/aromatic N) is 1. The number of hydrogen-bond donors (Lipinski definition) is 2. The first-order chi connectivity index (χ1) is 15.2. The molecular weight excluding hydrogens is 382 g/mol. The molecule has 0 unspecified atom stereocenters. The number of benzene rings is 1. The van der Waals surface area contributed by atoms with E-state index in [1.54, 1.807) is 24.3 Å². The Morgan fingerprint density at radius 2 is 1.74 bits per heavy atom. The molecule has 0 radical (unpaired) electrons. The Bertz CT molecular complexity index is 918. The Balaban J connectivity index is 1.74. The molecule has 0 atom stereocenters. The second-order valence-electron chi connectivity index (χ2n) is 7.94. The second kappa shape index (κ2) is 14.2. The molecule has 4 heteroatoms. The lowest BCUT2D eigenvalue weighted by Crippen LogP contribution is -2.10. The lowest BCUT2D eigenvalue weighted by Gasteiger charge is -2.00. The molecule has 2 aromatic rings. The quantitative estimate of drug-likeness (QED) is 0.235. The Labute approximate surface area is 187 Å². The van der Waals surface area contributed by atoms with Gasteiger partial charge in [-0.1, -0.05) is 101 Å². The zero-order chi connectivity index (χ0) is 22.3. The first kappa shape index (κ1) is 24.4. The number of carbonyl (C=O) groups is 1. The minimum Gasteiger partial charge on any atom is -0.366 e. The fourth-order valence-corrected chi connectivity index (χ4v) is 3.51. The van der Waals surface area contributed by atoms with Gasteiger partial charge in [0.2, 0.25) is 5.91 Å². The van der Waals surface area contributed by atoms with Gasteiger partial charge in [0.25, 0.3) is 0 Å². The summed E-state index contributed by atoms with van der Waals surface area (Å²) >= 11 is 0. The molecule has 0 aliphatic carbocycles. The zero-order valence-electron chi connectivity index (χ0n) is 18.9. The van der Waals surface area contributed by atoms with Gasteiger partial charge in [0.1, 0.15) is 5.82 Å². The molecule has 1 amide bonds. The molecular formula is C27H37N3O. The molecule has 166 valence electrons. The molecule has 0 saturated heterocycles. The topological polar surface area (TPSA) is 71.8 Å². The number of allylic oxidation sites excluding steroid dienone is 7. The fourth-order valence-electron chi connectivity index (χ4n) is 3.51. The number of unbranched alkanes of at least 4 members (excludes halogenated alkanes) is 9. The van der Waals surface area contributed by atoms with Gasteiger partial charge >= 0.3 is 0 Å². The van der Waals surface area contributed by atoms with Crippen LogP contribution in [-0.2, 0) is 0 Å². The number of amides is 1. The van der Waals surface area contributed by atoms with E-state index >= 15 is 0 Å². The fraction of sp³-hybridized carbons (Fsp3) is 0.407. The lowest BCUT2D eigenvalue weighted by molar-refractivity contribution is 0.100. The minimum atomic E-state index is -0.449. The van der Waals surface area contributed by atoms with E-state index in [2.05, 4.69) is 35.6 Å². The number of H-pyrrole nitrogens is 1. The highest BCUT2D eigenvalue weighted by Gasteiger charge is 2.07. The summed E-state index contributed by atoms with van der Waals surface area (Å²) < 4.78 is 0. The molecule has 0 aliphatic rings. The average Bonchev–Trinajstić information content (AvgIpc) is 3.19. The Hall–Kier alpha value is -2.88. The van der Waals surface area contributed by atoms with E-state index in [4.69, 9.17) is 5.73 Å². The van der Waals surface area contributed by atoms with Crippen molar-refractivity contribution in [1.82, 2.24) is 9.97 Å². The maximum atomic E-state index is 11.3. The lowest BCUT2D eigenvalue weighted by atomic mass is 10.1. The van der Waals surface area contributed by atoms with E-state index in [9.17, 15) is 4.79 Å². The van der Waals surface area contributed by atoms with Gasteiger partial charge in [-0.3, -0.25) is 4.79 Å². The smallest absolute Gasteiger partial charge is 0.248 e. The van der Waals surface area contributed by atoms with E-state index in [-0.39, 0.29) is 0 Å². The van der Waals surface area contributed by atoms with Crippen LogP contribution in [0.25, 0.3) is 16.6 Å². The van der Waals surface area contributed by atoms with Crippen molar-refractivity contribution in [2.24, 2.45) is 5.73 Å². The molecule has 0 aliphatic heterocycles. The van der Waals surface area contributed by atoms with Gasteiger partial charge in [-0.05, 0) is 31.0 Å². The largest absolute Gasteiger partial charge is 0.366 e. The van der Waals surface area contributed by atoms with Crippen LogP contribution in [0.4, 0.5) is 0 Å². The zero-order valence-corrected chi connectivity index (χ0v) is 18.9. The number of nitrogens with one attached hydrogen (secondary N) is 1. The highest BCUT2D eigenvalue weighted by Crippen LogP contribution is 2.19. The highest BCUT2D eigenvalue weighted by molar-refractivity contribution is 5.96. The van der Waals surface area contributed by atoms with E-state index in [0.717, 1.165) is 28.9 Å². The standard InChI is InChI=1S/C27H37N3O/c1-3-5-6-7-8-9-10-11-12-13-14-15-16-17-18-22(4-2)27-29-24-20-19-23(26(28)31)21-25(24)30-27/h4,14-21H,2-3,5-13H2,1H3,(H2,28,31)(H,29,30). The van der Waals surface area contributed by atoms with Crippen molar-refractivity contribution < 1.29 is 4.79 Å². The van der Waals surface area contributed by atoms with E-state index in [1.807, 2.05) is 18.2 Å². The van der Waals surface area contributed by atoms with Crippen LogP contribution in [0, 0.1) is 0 Å². The third kappa shape index (κ3) is 8.79. The molecule has 1 aromatic carbocycles. The molecule has 0 fully saturated rings. The molecule has 31 heavy (non-hydrogen) atoms. The van der Waals surface area contributed by atoms with Gasteiger partial charge in [0.05, 0.1) is 11.0 Å². The van der Waals surface area contributed by atoms with Gasteiger partial charge < -0.3 is 10.7 Å². The summed E-state index contributed by atoms with van der Waals surface area (Å²) in [4.78, 5) is 19.1. The van der Waals surface area contributed by atoms with Crippen LogP contribution < -0.4 is 5.73 Å². The number of fused-ring (bicyclic) bond motifs is 1. The van der Waals surface area contributed by atoms with Crippen LogP contribution in [-0.4, -0.2) is 15.9 Å². The van der Waals surface area contributed by atoms with Gasteiger partial charge in [0, 0.05) is 11.1 Å². The molecule has 3 N–H and O–H groups in total. The van der Waals surface area contributed by atoms with Crippen LogP contribution in [0.1, 0.15) is 87.3 Å². The SMILES string of the molecule is C=CC(=CC=CC=CCCCCCCCCCCC)c1nc2ccc(C(N)=O)cc2[nH]1. The highest BCUT2D eigenvalue weighted by atomic mass is 16.1. The van der Waals surface area contributed by atoms with Gasteiger partial charge in [0.15, 0.2) is 0 Å². The second-order valence-corrected chi connectivity index (χ2v) is 7.94. The van der Waals surface area contributed by atoms with Crippen molar-refractivity contribution in [2.75, 3.05) is 0 Å². The molecule has 1 heterocycles. The van der Waals surface area contributed by atoms with Crippen molar-refractivity contribution in [1.29, 1.82) is 0 Å². The number of imidazole rings is 1. The van der Waals surface area contributed by atoms with Crippen LogP contribution in [0.15, 0.2) is 61.2 Å². The summed E-state index contributed by atoms with van der Waals surface area (Å²) in [5, 5.41) is 0. The maximum Gasteiger partial charge on any atom is 0.248 e. The van der Waals surface area contributed by atoms with Crippen molar-refractivity contribution in [3.8, 4) is 0 Å². The first-order valence-electron chi connectivity index (χ1n) is 11.6. The predicted octanol–water partition coefficient (Wildman–Crippen LogP) is 7.26. The number of nitrogens with two attached hydrogens (primary N) is 1. The Kier molecular flexibility index (Phi) is 11.2. The normalized spacial score (nSPS) is 12.4. The minimum absolute atomic E-state index is 0.449. The summed E-state index contributed by atoms with van der Waals surface area (Å²) in [6, 6.07) is 5.20. The molecule has 0 bridgehead atoms. The number of hydrogen-bond acceptors (Lipinski definition) is 2. The molecule has 2 rings (SSSR count). The van der Waals surface area contributed by atoms with E-state index < -0.39 is 5.91 Å². The Morgan fingerprint density at radius 3 is 2.42 bits per heavy atom. The van der Waals surface area contributed by atoms with Gasteiger partial charge in [-0.2, -0.15) is 0 Å². The maximum absolute atomic E-state index is 11.3. The number of primary amides is 1. The third-order valence-electron chi connectivity index (χ3n) is 5.37. The predicted molar refractivity (Wildman–Crippen MR) is 133 cm³/mol. The van der Waals surface area contributed by atoms with E-state index in [0.29, 0.717) is 5.56 Å². The number of rotatable bonds is 15. The number of aromatic nitrogens is 2. The van der Waals surface area contributed by atoms with Crippen LogP contribution >= 0.6 is 0 Å². The molecule has 0 spiro atoms. The Morgan fingerprint density at radius 1 is 1.03 bits per heavy atom. The van der Waals surface area contributed by atoms with Crippen LogP contribution in [0.2, 0.25) is 0 Å². The summed E-state index contributed by atoms with van der Waals surface area (Å²) in [5.74, 6) is 0.268. The van der Waals surface area contributed by atoms with Crippen molar-refractivity contribution in [3.05, 3.63) is 72.6 Å². The van der Waals surface area contributed by atoms with Crippen LogP contribution in [0.5, 0.6) is 0 Å². The van der Waals surface area contributed by atoms with Crippen molar-refractivity contribution >= 4 is 22.5 Å². The molecule has 1 aromatic heterocycles.